The molecule has 6 heteroatoms. The predicted octanol–water partition coefficient (Wildman–Crippen LogP) is 0.978. The summed E-state index contributed by atoms with van der Waals surface area (Å²) < 4.78 is 28.0. The van der Waals surface area contributed by atoms with Gasteiger partial charge in [-0.15, -0.1) is 0 Å². The minimum absolute atomic E-state index is 0.0272. The molecular weight excluding hydrogens is 182 g/mol. The van der Waals surface area contributed by atoms with Crippen LogP contribution >= 0.6 is 0 Å². The summed E-state index contributed by atoms with van der Waals surface area (Å²) in [7, 11) is 0. The molecule has 72 valence electrons. The van der Waals surface area contributed by atoms with Crippen molar-refractivity contribution in [3.8, 4) is 0 Å². The van der Waals surface area contributed by atoms with Crippen LogP contribution in [0.1, 0.15) is 16.2 Å². The summed E-state index contributed by atoms with van der Waals surface area (Å²) in [5.74, 6) is -0.698. The second kappa shape index (κ2) is 3.97. The number of nitrogens with zero attached hydrogens (tertiary/aromatic N) is 1. The third kappa shape index (κ3) is 2.50. The highest BCUT2D eigenvalue weighted by Crippen LogP contribution is 2.04. The number of halogens is 2. The van der Waals surface area contributed by atoms with E-state index in [0.717, 1.165) is 6.39 Å². The maximum atomic E-state index is 11.7. The zero-order chi connectivity index (χ0) is 9.84. The average molecular weight is 190 g/mol. The molecule has 0 aromatic carbocycles. The maximum Gasteiger partial charge on any atom is 0.289 e. The van der Waals surface area contributed by atoms with Crippen LogP contribution in [-0.4, -0.2) is 23.9 Å². The highest BCUT2D eigenvalue weighted by Gasteiger charge is 2.14. The van der Waals surface area contributed by atoms with E-state index in [2.05, 4.69) is 4.98 Å². The predicted molar refractivity (Wildman–Crippen MR) is 39.6 cm³/mol. The van der Waals surface area contributed by atoms with E-state index in [4.69, 9.17) is 4.42 Å². The Kier molecular flexibility index (Phi) is 2.94. The molecule has 0 saturated carbocycles. The number of aryl methyl sites for hydroxylation is 1. The van der Waals surface area contributed by atoms with Crippen molar-refractivity contribution < 1.29 is 18.0 Å². The van der Waals surface area contributed by atoms with Gasteiger partial charge in [0.15, 0.2) is 6.39 Å². The monoisotopic (exact) mass is 190 g/mol. The molecule has 1 N–H and O–H groups in total. The van der Waals surface area contributed by atoms with Gasteiger partial charge in [-0.1, -0.05) is 0 Å². The van der Waals surface area contributed by atoms with Crippen LogP contribution in [0.3, 0.4) is 0 Å². The largest absolute Gasteiger partial charge is 0.438 e. The Bertz CT molecular complexity index is 298. The first kappa shape index (κ1) is 9.63. The van der Waals surface area contributed by atoms with Gasteiger partial charge in [0.2, 0.25) is 5.76 Å². The molecule has 1 aromatic rings. The first-order chi connectivity index (χ1) is 6.11. The van der Waals surface area contributed by atoms with Gasteiger partial charge < -0.3 is 9.73 Å². The van der Waals surface area contributed by atoms with Crippen molar-refractivity contribution in [3.63, 3.8) is 0 Å². The van der Waals surface area contributed by atoms with Gasteiger partial charge in [0.1, 0.15) is 0 Å². The van der Waals surface area contributed by atoms with Gasteiger partial charge in [-0.05, 0) is 6.92 Å². The molecule has 1 aromatic heterocycles. The highest BCUT2D eigenvalue weighted by molar-refractivity contribution is 5.92. The van der Waals surface area contributed by atoms with Gasteiger partial charge in [0.25, 0.3) is 12.3 Å². The van der Waals surface area contributed by atoms with E-state index in [9.17, 15) is 13.6 Å². The van der Waals surface area contributed by atoms with E-state index in [-0.39, 0.29) is 5.76 Å². The van der Waals surface area contributed by atoms with Crippen LogP contribution in [0.25, 0.3) is 0 Å². The molecule has 1 heterocycles. The van der Waals surface area contributed by atoms with Crippen LogP contribution in [-0.2, 0) is 0 Å². The molecular formula is C7H8F2N2O2. The Hall–Kier alpha value is -1.46. The molecule has 0 atom stereocenters. The van der Waals surface area contributed by atoms with Crippen LogP contribution in [0.2, 0.25) is 0 Å². The standard InChI is InChI=1S/C7H8F2N2O2/c1-4-6(13-3-11-4)7(12)10-2-5(8)9/h3,5H,2H2,1H3,(H,10,12). The molecule has 0 radical (unpaired) electrons. The lowest BCUT2D eigenvalue weighted by Gasteiger charge is -2.01. The Morgan fingerprint density at radius 2 is 2.46 bits per heavy atom. The summed E-state index contributed by atoms with van der Waals surface area (Å²) >= 11 is 0. The van der Waals surface area contributed by atoms with Crippen molar-refractivity contribution in [2.75, 3.05) is 6.54 Å². The van der Waals surface area contributed by atoms with Crippen molar-refractivity contribution in [2.45, 2.75) is 13.3 Å². The lowest BCUT2D eigenvalue weighted by molar-refractivity contribution is 0.0864. The molecule has 4 nitrogen and oxygen atoms in total. The number of alkyl halides is 2. The van der Waals surface area contributed by atoms with Gasteiger partial charge >= 0.3 is 0 Å². The average Bonchev–Trinajstić information content (AvgIpc) is 2.47. The van der Waals surface area contributed by atoms with Crippen molar-refractivity contribution in [3.05, 3.63) is 17.8 Å². The molecule has 1 amide bonds. The number of rotatable bonds is 3. The number of oxazole rings is 1. The second-order valence-corrected chi connectivity index (χ2v) is 2.37. The molecule has 0 spiro atoms. The SMILES string of the molecule is Cc1ncoc1C(=O)NCC(F)F. The number of carbonyl (C=O) groups is 1. The van der Waals surface area contributed by atoms with Gasteiger partial charge in [0.05, 0.1) is 12.2 Å². The summed E-state index contributed by atoms with van der Waals surface area (Å²) in [5.41, 5.74) is 0.381. The Morgan fingerprint density at radius 3 is 2.92 bits per heavy atom. The summed E-state index contributed by atoms with van der Waals surface area (Å²) in [6.07, 6.45) is -1.47. The first-order valence-electron chi connectivity index (χ1n) is 3.57. The smallest absolute Gasteiger partial charge is 0.289 e. The number of hydrogen-bond acceptors (Lipinski definition) is 3. The van der Waals surface area contributed by atoms with E-state index in [1.165, 1.54) is 0 Å². The van der Waals surface area contributed by atoms with E-state index < -0.39 is 18.9 Å². The minimum Gasteiger partial charge on any atom is -0.438 e. The molecule has 1 rings (SSSR count). The fraction of sp³-hybridized carbons (Fsp3) is 0.429. The quantitative estimate of drug-likeness (QED) is 0.772. The fourth-order valence-corrected chi connectivity index (χ4v) is 0.770. The van der Waals surface area contributed by atoms with Crippen molar-refractivity contribution in [1.82, 2.24) is 10.3 Å². The number of amides is 1. The third-order valence-electron chi connectivity index (χ3n) is 1.37. The van der Waals surface area contributed by atoms with Gasteiger partial charge in [-0.2, -0.15) is 0 Å². The highest BCUT2D eigenvalue weighted by atomic mass is 19.3. The lowest BCUT2D eigenvalue weighted by Crippen LogP contribution is -2.28. The number of hydrogen-bond donors (Lipinski definition) is 1. The molecule has 0 aliphatic heterocycles. The summed E-state index contributed by atoms with van der Waals surface area (Å²) in [6, 6.07) is 0. The minimum atomic E-state index is -2.56. The van der Waals surface area contributed by atoms with Crippen LogP contribution in [0.5, 0.6) is 0 Å². The Balaban J connectivity index is 2.54. The first-order valence-corrected chi connectivity index (χ1v) is 3.57. The van der Waals surface area contributed by atoms with Gasteiger partial charge in [0, 0.05) is 0 Å². The molecule has 0 aliphatic rings. The lowest BCUT2D eigenvalue weighted by atomic mass is 10.3. The molecule has 0 aliphatic carbocycles. The summed E-state index contributed by atoms with van der Waals surface area (Å²) in [5, 5.41) is 2.00. The molecule has 13 heavy (non-hydrogen) atoms. The molecule has 0 saturated heterocycles. The van der Waals surface area contributed by atoms with Crippen molar-refractivity contribution in [1.29, 1.82) is 0 Å². The van der Waals surface area contributed by atoms with E-state index in [1.54, 1.807) is 6.92 Å². The number of nitrogens with one attached hydrogen (secondary N) is 1. The van der Waals surface area contributed by atoms with Crippen molar-refractivity contribution in [2.24, 2.45) is 0 Å². The van der Waals surface area contributed by atoms with E-state index in [1.807, 2.05) is 5.32 Å². The number of aromatic nitrogens is 1. The van der Waals surface area contributed by atoms with Crippen LogP contribution < -0.4 is 5.32 Å². The van der Waals surface area contributed by atoms with E-state index >= 15 is 0 Å². The van der Waals surface area contributed by atoms with Crippen LogP contribution in [0.15, 0.2) is 10.8 Å². The molecule has 0 fully saturated rings. The second-order valence-electron chi connectivity index (χ2n) is 2.37. The Labute approximate surface area is 72.9 Å². The normalized spacial score (nSPS) is 10.5. The fourth-order valence-electron chi connectivity index (χ4n) is 0.770. The Morgan fingerprint density at radius 1 is 1.77 bits per heavy atom. The molecule has 0 unspecified atom stereocenters. The zero-order valence-electron chi connectivity index (χ0n) is 6.88. The van der Waals surface area contributed by atoms with Gasteiger partial charge in [-0.25, -0.2) is 13.8 Å². The maximum absolute atomic E-state index is 11.7. The van der Waals surface area contributed by atoms with Crippen LogP contribution in [0, 0.1) is 6.92 Å². The third-order valence-corrected chi connectivity index (χ3v) is 1.37. The topological polar surface area (TPSA) is 55.1 Å². The van der Waals surface area contributed by atoms with Crippen LogP contribution in [0.4, 0.5) is 8.78 Å². The number of carbonyl (C=O) groups excluding carboxylic acids is 1. The van der Waals surface area contributed by atoms with Crippen molar-refractivity contribution >= 4 is 5.91 Å². The molecule has 0 bridgehead atoms. The van der Waals surface area contributed by atoms with Gasteiger partial charge in [-0.3, -0.25) is 4.79 Å². The zero-order valence-corrected chi connectivity index (χ0v) is 6.88. The summed E-state index contributed by atoms with van der Waals surface area (Å²) in [4.78, 5) is 14.7. The van der Waals surface area contributed by atoms with E-state index in [0.29, 0.717) is 5.69 Å². The summed E-state index contributed by atoms with van der Waals surface area (Å²) in [6.45, 7) is 0.875.